The Balaban J connectivity index is 2.28. The van der Waals surface area contributed by atoms with Crippen molar-refractivity contribution in [2.45, 2.75) is 18.6 Å². The first-order chi connectivity index (χ1) is 11.8. The van der Waals surface area contributed by atoms with Crippen molar-refractivity contribution < 1.29 is 9.84 Å². The first-order valence-corrected chi connectivity index (χ1v) is 8.22. The third-order valence-electron chi connectivity index (χ3n) is 4.18. The number of benzene rings is 3. The zero-order valence-electron chi connectivity index (χ0n) is 13.8. The molecule has 0 radical (unpaired) electrons. The van der Waals surface area contributed by atoms with Gasteiger partial charge in [-0.2, -0.15) is 0 Å². The maximum absolute atomic E-state index is 9.61. The highest BCUT2D eigenvalue weighted by Crippen LogP contribution is 2.41. The summed E-state index contributed by atoms with van der Waals surface area (Å²) in [7, 11) is 0. The van der Waals surface area contributed by atoms with Crippen molar-refractivity contribution in [1.82, 2.24) is 0 Å². The molecule has 1 atom stereocenters. The fraction of sp³-hybridized carbons (Fsp3) is 0.182. The van der Waals surface area contributed by atoms with Gasteiger partial charge in [-0.15, -0.1) is 0 Å². The molecule has 0 bridgehead atoms. The van der Waals surface area contributed by atoms with E-state index in [-0.39, 0.29) is 12.7 Å². The predicted octanol–water partition coefficient (Wildman–Crippen LogP) is 4.38. The van der Waals surface area contributed by atoms with Crippen molar-refractivity contribution in [1.29, 1.82) is 0 Å². The molecular weight excluding hydrogens is 296 g/mol. The van der Waals surface area contributed by atoms with Crippen LogP contribution in [0.5, 0.6) is 0 Å². The van der Waals surface area contributed by atoms with Gasteiger partial charge in [-0.3, -0.25) is 0 Å². The molecule has 0 amide bonds. The lowest BCUT2D eigenvalue weighted by Gasteiger charge is -2.37. The average molecular weight is 318 g/mol. The summed E-state index contributed by atoms with van der Waals surface area (Å²) < 4.78 is 6.50. The zero-order chi connectivity index (χ0) is 16.8. The van der Waals surface area contributed by atoms with E-state index >= 15 is 0 Å². The molecule has 122 valence electrons. The molecule has 3 aromatic carbocycles. The Kier molecular flexibility index (Phi) is 5.09. The number of aliphatic hydroxyl groups excluding tert-OH is 1. The van der Waals surface area contributed by atoms with Crippen LogP contribution in [0.2, 0.25) is 0 Å². The zero-order valence-corrected chi connectivity index (χ0v) is 13.8. The molecule has 0 saturated carbocycles. The topological polar surface area (TPSA) is 29.5 Å². The molecule has 0 aliphatic heterocycles. The summed E-state index contributed by atoms with van der Waals surface area (Å²) >= 11 is 0. The average Bonchev–Trinajstić information content (AvgIpc) is 2.68. The minimum absolute atomic E-state index is 0.0335. The maximum Gasteiger partial charge on any atom is 0.144 e. The standard InChI is InChI=1S/C22H22O2/c1-18(17-23)24-22(19-11-5-2-6-12-19,20-13-7-3-8-14-20)21-15-9-4-10-16-21/h2-16,18,23H,17H2,1H3. The van der Waals surface area contributed by atoms with E-state index in [9.17, 15) is 5.11 Å². The van der Waals surface area contributed by atoms with Gasteiger partial charge in [0.2, 0.25) is 0 Å². The highest BCUT2D eigenvalue weighted by molar-refractivity contribution is 5.47. The van der Waals surface area contributed by atoms with E-state index in [1.807, 2.05) is 61.5 Å². The van der Waals surface area contributed by atoms with Crippen LogP contribution in [0.15, 0.2) is 91.0 Å². The molecule has 3 rings (SSSR count). The van der Waals surface area contributed by atoms with Crippen LogP contribution in [0.4, 0.5) is 0 Å². The highest BCUT2D eigenvalue weighted by atomic mass is 16.5. The molecule has 1 unspecified atom stereocenters. The summed E-state index contributed by atoms with van der Waals surface area (Å²) in [5.74, 6) is 0. The van der Waals surface area contributed by atoms with Crippen molar-refractivity contribution in [2.24, 2.45) is 0 Å². The Bertz CT molecular complexity index is 642. The largest absolute Gasteiger partial charge is 0.394 e. The van der Waals surface area contributed by atoms with Gasteiger partial charge < -0.3 is 9.84 Å². The fourth-order valence-electron chi connectivity index (χ4n) is 3.06. The Morgan fingerprint density at radius 3 is 1.33 bits per heavy atom. The number of hydrogen-bond donors (Lipinski definition) is 1. The highest BCUT2D eigenvalue weighted by Gasteiger charge is 2.38. The van der Waals surface area contributed by atoms with Gasteiger partial charge >= 0.3 is 0 Å². The molecule has 2 nitrogen and oxygen atoms in total. The van der Waals surface area contributed by atoms with Crippen LogP contribution in [0.3, 0.4) is 0 Å². The van der Waals surface area contributed by atoms with Gasteiger partial charge in [0.15, 0.2) is 0 Å². The van der Waals surface area contributed by atoms with Gasteiger partial charge in [0.05, 0.1) is 12.7 Å². The van der Waals surface area contributed by atoms with Crippen molar-refractivity contribution in [3.05, 3.63) is 108 Å². The summed E-state index contributed by atoms with van der Waals surface area (Å²) in [5.41, 5.74) is 2.37. The van der Waals surface area contributed by atoms with Crippen molar-refractivity contribution >= 4 is 0 Å². The smallest absolute Gasteiger partial charge is 0.144 e. The van der Waals surface area contributed by atoms with Crippen LogP contribution >= 0.6 is 0 Å². The van der Waals surface area contributed by atoms with Gasteiger partial charge in [0.25, 0.3) is 0 Å². The minimum atomic E-state index is -0.758. The molecule has 24 heavy (non-hydrogen) atoms. The van der Waals surface area contributed by atoms with E-state index in [0.29, 0.717) is 0 Å². The van der Waals surface area contributed by atoms with Crippen LogP contribution < -0.4 is 0 Å². The molecule has 0 aromatic heterocycles. The predicted molar refractivity (Wildman–Crippen MR) is 96.8 cm³/mol. The van der Waals surface area contributed by atoms with Crippen LogP contribution in [0.25, 0.3) is 0 Å². The molecule has 2 heteroatoms. The van der Waals surface area contributed by atoms with Crippen LogP contribution in [-0.2, 0) is 10.3 Å². The van der Waals surface area contributed by atoms with E-state index in [4.69, 9.17) is 4.74 Å². The Morgan fingerprint density at radius 2 is 1.04 bits per heavy atom. The number of ether oxygens (including phenoxy) is 1. The molecule has 0 aliphatic rings. The van der Waals surface area contributed by atoms with Gasteiger partial charge in [0, 0.05) is 0 Å². The molecule has 0 fully saturated rings. The molecule has 1 N–H and O–H groups in total. The normalized spacial score (nSPS) is 12.8. The third kappa shape index (κ3) is 3.12. The van der Waals surface area contributed by atoms with Crippen molar-refractivity contribution in [3.63, 3.8) is 0 Å². The van der Waals surface area contributed by atoms with Gasteiger partial charge in [-0.05, 0) is 23.6 Å². The monoisotopic (exact) mass is 318 g/mol. The second kappa shape index (κ2) is 7.43. The van der Waals surface area contributed by atoms with Crippen LogP contribution in [-0.4, -0.2) is 17.8 Å². The summed E-state index contributed by atoms with van der Waals surface area (Å²) in [6, 6.07) is 30.5. The number of hydrogen-bond acceptors (Lipinski definition) is 2. The first-order valence-electron chi connectivity index (χ1n) is 8.22. The van der Waals surface area contributed by atoms with E-state index in [1.165, 1.54) is 0 Å². The van der Waals surface area contributed by atoms with Gasteiger partial charge in [0.1, 0.15) is 5.60 Å². The molecular formula is C22H22O2. The second-order valence-electron chi connectivity index (χ2n) is 5.89. The summed E-state index contributed by atoms with van der Waals surface area (Å²) in [5, 5.41) is 9.61. The van der Waals surface area contributed by atoms with E-state index in [0.717, 1.165) is 16.7 Å². The minimum Gasteiger partial charge on any atom is -0.394 e. The summed E-state index contributed by atoms with van der Waals surface area (Å²) in [6.07, 6.45) is -0.300. The first kappa shape index (κ1) is 16.4. The molecule has 0 aliphatic carbocycles. The third-order valence-corrected chi connectivity index (χ3v) is 4.18. The van der Waals surface area contributed by atoms with Gasteiger partial charge in [-0.1, -0.05) is 91.0 Å². The van der Waals surface area contributed by atoms with E-state index < -0.39 is 5.60 Å². The Labute approximate surface area is 143 Å². The van der Waals surface area contributed by atoms with Crippen LogP contribution in [0, 0.1) is 0 Å². The van der Waals surface area contributed by atoms with Crippen molar-refractivity contribution in [3.8, 4) is 0 Å². The molecule has 0 spiro atoms. The van der Waals surface area contributed by atoms with Crippen LogP contribution in [0.1, 0.15) is 23.6 Å². The summed E-state index contributed by atoms with van der Waals surface area (Å²) in [6.45, 7) is 1.86. The lowest BCUT2D eigenvalue weighted by atomic mass is 9.80. The van der Waals surface area contributed by atoms with Gasteiger partial charge in [-0.25, -0.2) is 0 Å². The lowest BCUT2D eigenvalue weighted by Crippen LogP contribution is -2.37. The van der Waals surface area contributed by atoms with E-state index in [1.54, 1.807) is 0 Å². The second-order valence-corrected chi connectivity index (χ2v) is 5.89. The molecule has 0 heterocycles. The summed E-state index contributed by atoms with van der Waals surface area (Å²) in [4.78, 5) is 0. The Morgan fingerprint density at radius 1 is 0.708 bits per heavy atom. The molecule has 3 aromatic rings. The fourth-order valence-corrected chi connectivity index (χ4v) is 3.06. The Hall–Kier alpha value is -2.42. The number of rotatable bonds is 6. The van der Waals surface area contributed by atoms with E-state index in [2.05, 4.69) is 36.4 Å². The molecule has 0 saturated heterocycles. The SMILES string of the molecule is CC(CO)OC(c1ccccc1)(c1ccccc1)c1ccccc1. The lowest BCUT2D eigenvalue weighted by molar-refractivity contribution is -0.0603. The van der Waals surface area contributed by atoms with Crippen molar-refractivity contribution in [2.75, 3.05) is 6.61 Å². The maximum atomic E-state index is 9.61. The number of aliphatic hydroxyl groups is 1. The quantitative estimate of drug-likeness (QED) is 0.684.